The summed E-state index contributed by atoms with van der Waals surface area (Å²) in [5.74, 6) is 0. The minimum absolute atomic E-state index is 0.885. The smallest absolute Gasteiger partial charge is 0.143 e. The topological polar surface area (TPSA) is 32.8 Å². The van der Waals surface area contributed by atoms with Gasteiger partial charge in [-0.3, -0.25) is 0 Å². The Kier molecular flexibility index (Phi) is 13.3. The van der Waals surface area contributed by atoms with Crippen molar-refractivity contribution in [1.82, 2.24) is 0 Å². The summed E-state index contributed by atoms with van der Waals surface area (Å²) in [6, 6.07) is 115. The third-order valence-corrected chi connectivity index (χ3v) is 15.4. The molecule has 0 radical (unpaired) electrons. The SMILES string of the molecule is c1ccc(-c2ccc(N(c3ccc(-c4ccccc4)cc3)c3ccc(-c4cccc5c4oc4ccccc45)cc3)cc2)cc1.c1ccc(-c2ccc(N(c3ccc(-c4ccccc4)cc3)c3cccc4oc5ccccc5c34)cc2)cc1. The summed E-state index contributed by atoms with van der Waals surface area (Å²) in [7, 11) is 0. The number of benzene rings is 13. The number of rotatable bonds is 11. The lowest BCUT2D eigenvalue weighted by Gasteiger charge is -2.26. The van der Waals surface area contributed by atoms with E-state index in [2.05, 4.69) is 307 Å². The fourth-order valence-corrected chi connectivity index (χ4v) is 11.3. The first kappa shape index (κ1) is 49.4. The molecule has 0 aliphatic heterocycles. The van der Waals surface area contributed by atoms with E-state index in [-0.39, 0.29) is 0 Å². The second-order valence-corrected chi connectivity index (χ2v) is 20.4. The van der Waals surface area contributed by atoms with Crippen molar-refractivity contribution in [2.24, 2.45) is 0 Å². The maximum Gasteiger partial charge on any atom is 0.143 e. The lowest BCUT2D eigenvalue weighted by atomic mass is 10.0. The van der Waals surface area contributed by atoms with Crippen molar-refractivity contribution in [2.45, 2.75) is 0 Å². The highest BCUT2D eigenvalue weighted by Gasteiger charge is 2.21. The molecule has 0 aliphatic carbocycles. The van der Waals surface area contributed by atoms with Crippen molar-refractivity contribution < 1.29 is 8.83 Å². The molecule has 0 N–H and O–H groups in total. The first-order valence-electron chi connectivity index (χ1n) is 27.8. The van der Waals surface area contributed by atoms with Crippen LogP contribution in [0.15, 0.2) is 336 Å². The number of hydrogen-bond donors (Lipinski definition) is 0. The highest BCUT2D eigenvalue weighted by atomic mass is 16.3. The van der Waals surface area contributed by atoms with E-state index in [4.69, 9.17) is 8.83 Å². The van der Waals surface area contributed by atoms with Gasteiger partial charge in [-0.15, -0.1) is 0 Å². The Bertz CT molecular complexity index is 4450. The van der Waals surface area contributed by atoms with Gasteiger partial charge in [-0.25, -0.2) is 0 Å². The Balaban J connectivity index is 0.000000148. The highest BCUT2D eigenvalue weighted by molar-refractivity contribution is 6.13. The zero-order valence-electron chi connectivity index (χ0n) is 44.9. The molecule has 0 bridgehead atoms. The van der Waals surface area contributed by atoms with Gasteiger partial charge in [0.2, 0.25) is 0 Å². The van der Waals surface area contributed by atoms with E-state index in [9.17, 15) is 0 Å². The number of fused-ring (bicyclic) bond motifs is 6. The van der Waals surface area contributed by atoms with Crippen molar-refractivity contribution >= 4 is 78.0 Å². The first-order chi connectivity index (χ1) is 40.7. The van der Waals surface area contributed by atoms with Crippen LogP contribution in [0, 0.1) is 0 Å². The Morgan fingerprint density at radius 2 is 0.512 bits per heavy atom. The fraction of sp³-hybridized carbons (Fsp3) is 0. The average Bonchev–Trinajstić information content (AvgIpc) is 4.35. The molecular weight excluding hydrogens is 997 g/mol. The van der Waals surface area contributed by atoms with E-state index in [0.29, 0.717) is 0 Å². The molecule has 0 amide bonds. The number of nitrogens with zero attached hydrogens (tertiary/aromatic N) is 2. The molecule has 0 spiro atoms. The zero-order valence-corrected chi connectivity index (χ0v) is 44.9. The molecule has 15 rings (SSSR count). The van der Waals surface area contributed by atoms with Crippen LogP contribution in [-0.4, -0.2) is 0 Å². The summed E-state index contributed by atoms with van der Waals surface area (Å²) in [4.78, 5) is 4.64. The Morgan fingerprint density at radius 1 is 0.195 bits per heavy atom. The number of para-hydroxylation sites is 3. The summed E-state index contributed by atoms with van der Waals surface area (Å²) < 4.78 is 12.6. The molecule has 13 aromatic carbocycles. The lowest BCUT2D eigenvalue weighted by Crippen LogP contribution is -2.10. The Labute approximate surface area is 477 Å². The monoisotopic (exact) mass is 1050 g/mol. The summed E-state index contributed by atoms with van der Waals surface area (Å²) in [6.45, 7) is 0. The predicted octanol–water partition coefficient (Wildman–Crippen LogP) is 22.4. The van der Waals surface area contributed by atoms with Crippen molar-refractivity contribution in [3.8, 4) is 55.6 Å². The largest absolute Gasteiger partial charge is 0.456 e. The molecule has 4 heteroatoms. The van der Waals surface area contributed by atoms with Crippen LogP contribution in [0.3, 0.4) is 0 Å². The summed E-state index contributed by atoms with van der Waals surface area (Å²) in [5.41, 5.74) is 22.0. The molecule has 2 heterocycles. The molecule has 0 atom stereocenters. The van der Waals surface area contributed by atoms with Crippen molar-refractivity contribution in [3.05, 3.63) is 328 Å². The van der Waals surface area contributed by atoms with Gasteiger partial charge in [-0.2, -0.15) is 0 Å². The lowest BCUT2D eigenvalue weighted by molar-refractivity contribution is 0.669. The fourth-order valence-electron chi connectivity index (χ4n) is 11.3. The highest BCUT2D eigenvalue weighted by Crippen LogP contribution is 2.45. The molecule has 2 aromatic heterocycles. The van der Waals surface area contributed by atoms with E-state index in [0.717, 1.165) is 89.1 Å². The normalized spacial score (nSPS) is 11.2. The van der Waals surface area contributed by atoms with Crippen LogP contribution in [0.2, 0.25) is 0 Å². The molecule has 4 nitrogen and oxygen atoms in total. The summed E-state index contributed by atoms with van der Waals surface area (Å²) in [6.07, 6.45) is 0. The van der Waals surface area contributed by atoms with Crippen LogP contribution in [0.1, 0.15) is 0 Å². The van der Waals surface area contributed by atoms with E-state index in [1.54, 1.807) is 0 Å². The summed E-state index contributed by atoms with van der Waals surface area (Å²) >= 11 is 0. The predicted molar refractivity (Wildman–Crippen MR) is 344 cm³/mol. The maximum absolute atomic E-state index is 6.34. The second kappa shape index (κ2) is 22.1. The number of hydrogen-bond acceptors (Lipinski definition) is 4. The van der Waals surface area contributed by atoms with Gasteiger partial charge in [-0.05, 0) is 135 Å². The quantitative estimate of drug-likeness (QED) is 0.129. The second-order valence-electron chi connectivity index (χ2n) is 20.4. The third kappa shape index (κ3) is 9.76. The standard InChI is InChI=1S/C42H29NO.C36H25NO/c1-3-10-30(11-4-1)32-18-24-35(25-19-32)43(36-26-20-33(21-27-36)31-12-5-2-6-13-31)37-28-22-34(23-29-37)38-15-9-16-40-39-14-7-8-17-41(39)44-42(38)40;1-3-10-26(11-4-1)28-18-22-30(23-19-28)37(31-24-20-29(21-25-31)27-12-5-2-6-13-27)33-15-9-17-35-36(33)32-14-7-8-16-34(32)38-35/h1-29H;1-25H. The van der Waals surface area contributed by atoms with E-state index in [1.165, 1.54) is 44.5 Å². The van der Waals surface area contributed by atoms with Gasteiger partial charge >= 0.3 is 0 Å². The van der Waals surface area contributed by atoms with Crippen LogP contribution in [0.25, 0.3) is 99.5 Å². The van der Waals surface area contributed by atoms with E-state index < -0.39 is 0 Å². The molecular formula is C78H54N2O2. The van der Waals surface area contributed by atoms with Crippen LogP contribution in [0.5, 0.6) is 0 Å². The number of anilines is 6. The number of furan rings is 2. The van der Waals surface area contributed by atoms with Crippen LogP contribution in [-0.2, 0) is 0 Å². The molecule has 15 aromatic rings. The summed E-state index contributed by atoms with van der Waals surface area (Å²) in [5, 5.41) is 4.51. The molecule has 82 heavy (non-hydrogen) atoms. The first-order valence-corrected chi connectivity index (χ1v) is 27.8. The van der Waals surface area contributed by atoms with Crippen molar-refractivity contribution in [2.75, 3.05) is 9.80 Å². The molecule has 0 aliphatic rings. The van der Waals surface area contributed by atoms with Gasteiger partial charge in [0.1, 0.15) is 22.3 Å². The van der Waals surface area contributed by atoms with Gasteiger partial charge in [-0.1, -0.05) is 243 Å². The van der Waals surface area contributed by atoms with E-state index in [1.807, 2.05) is 30.3 Å². The van der Waals surface area contributed by atoms with Gasteiger partial charge in [0.25, 0.3) is 0 Å². The van der Waals surface area contributed by atoms with Crippen molar-refractivity contribution in [1.29, 1.82) is 0 Å². The van der Waals surface area contributed by atoms with Gasteiger partial charge < -0.3 is 18.6 Å². The van der Waals surface area contributed by atoms with E-state index >= 15 is 0 Å². The molecule has 0 unspecified atom stereocenters. The van der Waals surface area contributed by atoms with Crippen LogP contribution in [0.4, 0.5) is 34.1 Å². The zero-order chi connectivity index (χ0) is 54.6. The Morgan fingerprint density at radius 3 is 0.951 bits per heavy atom. The van der Waals surface area contributed by atoms with Gasteiger partial charge in [0.05, 0.1) is 11.1 Å². The molecule has 0 saturated carbocycles. The van der Waals surface area contributed by atoms with Gasteiger partial charge in [0, 0.05) is 50.2 Å². The minimum atomic E-state index is 0.885. The molecule has 388 valence electrons. The Hall–Kier alpha value is -10.9. The van der Waals surface area contributed by atoms with Crippen LogP contribution < -0.4 is 9.80 Å². The average molecular weight is 1050 g/mol. The molecule has 0 saturated heterocycles. The molecule has 0 fully saturated rings. The van der Waals surface area contributed by atoms with Gasteiger partial charge in [0.15, 0.2) is 0 Å². The minimum Gasteiger partial charge on any atom is -0.456 e. The third-order valence-electron chi connectivity index (χ3n) is 15.4. The maximum atomic E-state index is 6.34. The van der Waals surface area contributed by atoms with Crippen molar-refractivity contribution in [3.63, 3.8) is 0 Å². The van der Waals surface area contributed by atoms with Crippen LogP contribution >= 0.6 is 0 Å².